The number of nitrogens with zero attached hydrogens (tertiary/aromatic N) is 1. The van der Waals surface area contributed by atoms with Crippen molar-refractivity contribution in [2.45, 2.75) is 38.5 Å². The average Bonchev–Trinajstić information content (AvgIpc) is 3.30. The Labute approximate surface area is 171 Å². The van der Waals surface area contributed by atoms with E-state index in [1.807, 2.05) is 61.1 Å². The molecule has 5 heteroatoms. The number of aliphatic hydroxyl groups is 1. The maximum Gasteiger partial charge on any atom is 0.143 e. The Morgan fingerprint density at radius 1 is 1.03 bits per heavy atom. The van der Waals surface area contributed by atoms with Gasteiger partial charge in [-0.2, -0.15) is 0 Å². The second-order valence-corrected chi connectivity index (χ2v) is 8.69. The summed E-state index contributed by atoms with van der Waals surface area (Å²) in [6.45, 7) is 8.98. The molecule has 1 aliphatic heterocycles. The number of aromatic nitrogens is 1. The van der Waals surface area contributed by atoms with Gasteiger partial charge < -0.3 is 24.6 Å². The van der Waals surface area contributed by atoms with Gasteiger partial charge in [0, 0.05) is 34.9 Å². The van der Waals surface area contributed by atoms with Crippen LogP contribution in [0.3, 0.4) is 0 Å². The molecule has 0 saturated heterocycles. The van der Waals surface area contributed by atoms with E-state index in [9.17, 15) is 5.11 Å². The average molecular weight is 395 g/mol. The van der Waals surface area contributed by atoms with Crippen molar-refractivity contribution in [1.29, 1.82) is 0 Å². The summed E-state index contributed by atoms with van der Waals surface area (Å²) < 4.78 is 7.50. The third-order valence-electron chi connectivity index (χ3n) is 5.32. The molecule has 29 heavy (non-hydrogen) atoms. The fourth-order valence-electron chi connectivity index (χ4n) is 3.25. The number of phenolic OH excluding ortho intramolecular Hbond substituents is 2. The van der Waals surface area contributed by atoms with Crippen LogP contribution in [0.2, 0.25) is 0 Å². The molecule has 5 nitrogen and oxygen atoms in total. The largest absolute Gasteiger partial charge is 0.508 e. The lowest BCUT2D eigenvalue weighted by molar-refractivity contribution is 0.218. The van der Waals surface area contributed by atoms with Crippen molar-refractivity contribution in [2.24, 2.45) is 0 Å². The lowest BCUT2D eigenvalue weighted by atomic mass is 9.86. The zero-order valence-corrected chi connectivity index (χ0v) is 17.4. The van der Waals surface area contributed by atoms with E-state index in [2.05, 4.69) is 13.8 Å². The predicted molar refractivity (Wildman–Crippen MR) is 114 cm³/mol. The third kappa shape index (κ3) is 4.40. The summed E-state index contributed by atoms with van der Waals surface area (Å²) in [5.74, 6) is 1.30. The van der Waals surface area contributed by atoms with Crippen LogP contribution in [0.4, 0.5) is 0 Å². The molecule has 4 rings (SSSR count). The predicted octanol–water partition coefficient (Wildman–Crippen LogP) is 4.52. The molecule has 0 radical (unpaired) electrons. The molecule has 2 heterocycles. The van der Waals surface area contributed by atoms with Crippen molar-refractivity contribution in [3.8, 4) is 22.9 Å². The number of rotatable bonds is 3. The summed E-state index contributed by atoms with van der Waals surface area (Å²) in [4.78, 5) is 0. The fourth-order valence-corrected chi connectivity index (χ4v) is 3.25. The van der Waals surface area contributed by atoms with Gasteiger partial charge in [-0.05, 0) is 35.9 Å². The monoisotopic (exact) mass is 395 g/mol. The second-order valence-electron chi connectivity index (χ2n) is 8.69. The highest BCUT2D eigenvalue weighted by molar-refractivity contribution is 5.57. The molecule has 0 spiro atoms. The Morgan fingerprint density at radius 3 is 2.24 bits per heavy atom. The Kier molecular flexibility index (Phi) is 5.62. The number of hydrogen-bond donors (Lipinski definition) is 3. The maximum atomic E-state index is 10.0. The summed E-state index contributed by atoms with van der Waals surface area (Å²) in [6, 6.07) is 14.5. The zero-order chi connectivity index (χ0) is 21.2. The maximum absolute atomic E-state index is 10.0. The smallest absolute Gasteiger partial charge is 0.143 e. The fraction of sp³-hybridized carbons (Fsp3) is 0.333. The number of aromatic hydroxyl groups is 2. The molecular formula is C24H29NO4. The van der Waals surface area contributed by atoms with Crippen LogP contribution in [0.5, 0.6) is 17.2 Å². The van der Waals surface area contributed by atoms with Crippen molar-refractivity contribution in [2.75, 3.05) is 13.2 Å². The van der Waals surface area contributed by atoms with Gasteiger partial charge in [0.25, 0.3) is 0 Å². The summed E-state index contributed by atoms with van der Waals surface area (Å²) in [7, 11) is 0. The molecule has 1 aliphatic rings. The van der Waals surface area contributed by atoms with Crippen LogP contribution in [0, 0.1) is 0 Å². The first-order chi connectivity index (χ1) is 13.6. The second kappa shape index (κ2) is 7.84. The number of fused-ring (bicyclic) bond motifs is 1. The van der Waals surface area contributed by atoms with Gasteiger partial charge >= 0.3 is 0 Å². The highest BCUT2D eigenvalue weighted by atomic mass is 16.5. The number of hydrogen-bond acceptors (Lipinski definition) is 4. The summed E-state index contributed by atoms with van der Waals surface area (Å²) in [5.41, 5.74) is 2.76. The minimum absolute atomic E-state index is 0.00490. The normalized spacial score (nSPS) is 14.5. The van der Waals surface area contributed by atoms with E-state index in [1.165, 1.54) is 0 Å². The van der Waals surface area contributed by atoms with E-state index < -0.39 is 0 Å². The van der Waals surface area contributed by atoms with E-state index in [-0.39, 0.29) is 28.9 Å². The molecule has 0 atom stereocenters. The van der Waals surface area contributed by atoms with E-state index in [4.69, 9.17) is 14.9 Å². The third-order valence-corrected chi connectivity index (χ3v) is 5.32. The Balaban J connectivity index is 0.000000177. The molecule has 0 fully saturated rings. The molecule has 2 aromatic carbocycles. The highest BCUT2D eigenvalue weighted by Gasteiger charge is 2.33. The Morgan fingerprint density at radius 2 is 1.66 bits per heavy atom. The van der Waals surface area contributed by atoms with Gasteiger partial charge in [-0.1, -0.05) is 39.8 Å². The minimum atomic E-state index is -0.228. The summed E-state index contributed by atoms with van der Waals surface area (Å²) >= 11 is 0. The van der Waals surface area contributed by atoms with E-state index in [0.717, 1.165) is 22.6 Å². The van der Waals surface area contributed by atoms with Crippen LogP contribution < -0.4 is 4.74 Å². The topological polar surface area (TPSA) is 74.8 Å². The van der Waals surface area contributed by atoms with Gasteiger partial charge in [0.05, 0.1) is 18.9 Å². The van der Waals surface area contributed by atoms with Crippen molar-refractivity contribution in [3.05, 3.63) is 72.1 Å². The van der Waals surface area contributed by atoms with Gasteiger partial charge in [-0.25, -0.2) is 0 Å². The van der Waals surface area contributed by atoms with Crippen molar-refractivity contribution >= 4 is 0 Å². The lowest BCUT2D eigenvalue weighted by Gasteiger charge is -2.21. The SMILES string of the molecule is CC(C)(CO)c1ccc(O)cc1.CC1(C)COc2cc(O)c(-n3cccc3)cc21. The van der Waals surface area contributed by atoms with Gasteiger partial charge in [0.1, 0.15) is 17.2 Å². The van der Waals surface area contributed by atoms with Crippen LogP contribution in [0.15, 0.2) is 60.9 Å². The molecule has 3 N–H and O–H groups in total. The van der Waals surface area contributed by atoms with Crippen LogP contribution in [0.1, 0.15) is 38.8 Å². The molecule has 0 saturated carbocycles. The number of benzene rings is 2. The first-order valence-corrected chi connectivity index (χ1v) is 9.68. The van der Waals surface area contributed by atoms with Gasteiger partial charge in [0.2, 0.25) is 0 Å². The quantitative estimate of drug-likeness (QED) is 0.610. The lowest BCUT2D eigenvalue weighted by Crippen LogP contribution is -2.21. The highest BCUT2D eigenvalue weighted by Crippen LogP contribution is 2.42. The van der Waals surface area contributed by atoms with Gasteiger partial charge in [0.15, 0.2) is 0 Å². The van der Waals surface area contributed by atoms with E-state index >= 15 is 0 Å². The Hall–Kier alpha value is -2.92. The van der Waals surface area contributed by atoms with Crippen molar-refractivity contribution in [1.82, 2.24) is 4.57 Å². The molecule has 3 aromatic rings. The van der Waals surface area contributed by atoms with Crippen LogP contribution >= 0.6 is 0 Å². The van der Waals surface area contributed by atoms with Gasteiger partial charge in [-0.3, -0.25) is 0 Å². The summed E-state index contributed by atoms with van der Waals surface area (Å²) in [5, 5.41) is 28.1. The first kappa shape index (κ1) is 20.8. The standard InChI is InChI=1S/C14H15NO2.C10H14O2/c1-14(2)9-17-13-8-12(16)11(7-10(13)14)15-5-3-4-6-15;1-10(2,7-11)8-3-5-9(12)6-4-8/h3-8,16H,9H2,1-2H3;3-6,11-12H,7H2,1-2H3. The van der Waals surface area contributed by atoms with E-state index in [0.29, 0.717) is 6.61 Å². The van der Waals surface area contributed by atoms with Crippen LogP contribution in [-0.2, 0) is 10.8 Å². The van der Waals surface area contributed by atoms with Crippen LogP contribution in [0.25, 0.3) is 5.69 Å². The van der Waals surface area contributed by atoms with Crippen LogP contribution in [-0.4, -0.2) is 33.1 Å². The minimum Gasteiger partial charge on any atom is -0.508 e. The molecule has 0 bridgehead atoms. The molecular weight excluding hydrogens is 366 g/mol. The molecule has 0 unspecified atom stereocenters. The van der Waals surface area contributed by atoms with Crippen molar-refractivity contribution < 1.29 is 20.1 Å². The van der Waals surface area contributed by atoms with E-state index in [1.54, 1.807) is 18.2 Å². The van der Waals surface area contributed by atoms with Crippen molar-refractivity contribution in [3.63, 3.8) is 0 Å². The summed E-state index contributed by atoms with van der Waals surface area (Å²) in [6.07, 6.45) is 3.84. The molecule has 0 aliphatic carbocycles. The number of ether oxygens (including phenoxy) is 1. The molecule has 1 aromatic heterocycles. The van der Waals surface area contributed by atoms with Gasteiger partial charge in [-0.15, -0.1) is 0 Å². The molecule has 154 valence electrons. The molecule has 0 amide bonds. The Bertz CT molecular complexity index is 957. The first-order valence-electron chi connectivity index (χ1n) is 9.68. The number of phenols is 2. The zero-order valence-electron chi connectivity index (χ0n) is 17.4. The number of aliphatic hydroxyl groups excluding tert-OH is 1.